The Bertz CT molecular complexity index is 457. The van der Waals surface area contributed by atoms with Crippen molar-refractivity contribution in [2.24, 2.45) is 0 Å². The number of hydrogen-bond acceptors (Lipinski definition) is 5. The van der Waals surface area contributed by atoms with Gasteiger partial charge in [0.25, 0.3) is 5.91 Å². The van der Waals surface area contributed by atoms with Gasteiger partial charge in [-0.15, -0.1) is 0 Å². The van der Waals surface area contributed by atoms with E-state index in [1.165, 1.54) is 11.8 Å². The number of aliphatic carboxylic acids is 1. The van der Waals surface area contributed by atoms with Crippen LogP contribution >= 0.6 is 11.8 Å². The molecule has 1 aromatic rings. The number of carbonyl (C=O) groups excluding carboxylic acids is 1. The summed E-state index contributed by atoms with van der Waals surface area (Å²) in [4.78, 5) is 22.8. The van der Waals surface area contributed by atoms with Crippen molar-refractivity contribution < 1.29 is 24.9 Å². The predicted molar refractivity (Wildman–Crippen MR) is 71.7 cm³/mol. The summed E-state index contributed by atoms with van der Waals surface area (Å²) in [5.41, 5.74) is 0.00732. The quantitative estimate of drug-likeness (QED) is 0.622. The van der Waals surface area contributed by atoms with Crippen molar-refractivity contribution in [1.29, 1.82) is 0 Å². The van der Waals surface area contributed by atoms with Gasteiger partial charge in [0.05, 0.1) is 0 Å². The molecular formula is C12H15NO5S. The summed E-state index contributed by atoms with van der Waals surface area (Å²) in [5, 5.41) is 29.9. The first-order valence-electron chi connectivity index (χ1n) is 5.49. The largest absolute Gasteiger partial charge is 0.508 e. The van der Waals surface area contributed by atoms with E-state index >= 15 is 0 Å². The first kappa shape index (κ1) is 15.2. The minimum absolute atomic E-state index is 0.00732. The number of carbonyl (C=O) groups is 2. The van der Waals surface area contributed by atoms with Crippen LogP contribution in [0.15, 0.2) is 18.2 Å². The molecule has 104 valence electrons. The van der Waals surface area contributed by atoms with Gasteiger partial charge in [0.1, 0.15) is 17.5 Å². The summed E-state index contributed by atoms with van der Waals surface area (Å²) in [5.74, 6) is -1.70. The summed E-state index contributed by atoms with van der Waals surface area (Å²) < 4.78 is 0. The number of hydrogen-bond donors (Lipinski definition) is 4. The molecule has 1 unspecified atom stereocenters. The van der Waals surface area contributed by atoms with E-state index in [9.17, 15) is 19.8 Å². The highest BCUT2D eigenvalue weighted by Gasteiger charge is 2.20. The van der Waals surface area contributed by atoms with Crippen LogP contribution < -0.4 is 5.32 Å². The van der Waals surface area contributed by atoms with E-state index in [4.69, 9.17) is 5.11 Å². The molecule has 1 rings (SSSR count). The maximum absolute atomic E-state index is 11.8. The summed E-state index contributed by atoms with van der Waals surface area (Å²) in [6, 6.07) is 2.40. The Labute approximate surface area is 114 Å². The Hall–Kier alpha value is -1.89. The third kappa shape index (κ3) is 4.70. The molecule has 0 aliphatic carbocycles. The third-order valence-electron chi connectivity index (χ3n) is 2.38. The molecule has 0 aliphatic heterocycles. The lowest BCUT2D eigenvalue weighted by molar-refractivity contribution is -0.139. The number of carboxylic acids is 1. The number of phenolic OH excluding ortho intramolecular Hbond substituents is 2. The molecule has 6 nitrogen and oxygen atoms in total. The maximum atomic E-state index is 11.8. The number of rotatable bonds is 6. The maximum Gasteiger partial charge on any atom is 0.326 e. The van der Waals surface area contributed by atoms with Crippen molar-refractivity contribution >= 4 is 23.6 Å². The first-order chi connectivity index (χ1) is 8.93. The van der Waals surface area contributed by atoms with E-state index in [2.05, 4.69) is 5.32 Å². The zero-order valence-corrected chi connectivity index (χ0v) is 11.1. The van der Waals surface area contributed by atoms with Crippen molar-refractivity contribution in [1.82, 2.24) is 5.32 Å². The smallest absolute Gasteiger partial charge is 0.326 e. The van der Waals surface area contributed by atoms with E-state index in [0.29, 0.717) is 12.2 Å². The molecule has 0 spiro atoms. The van der Waals surface area contributed by atoms with Gasteiger partial charge in [-0.2, -0.15) is 11.8 Å². The summed E-state index contributed by atoms with van der Waals surface area (Å²) in [7, 11) is 0. The van der Waals surface area contributed by atoms with Crippen molar-refractivity contribution in [3.63, 3.8) is 0 Å². The number of phenols is 2. The third-order valence-corrected chi connectivity index (χ3v) is 3.02. The van der Waals surface area contributed by atoms with Gasteiger partial charge in [-0.3, -0.25) is 4.79 Å². The monoisotopic (exact) mass is 285 g/mol. The van der Waals surface area contributed by atoms with E-state index in [1.807, 2.05) is 6.26 Å². The average Bonchev–Trinajstić information content (AvgIpc) is 2.32. The molecule has 0 saturated heterocycles. The van der Waals surface area contributed by atoms with Gasteiger partial charge >= 0.3 is 5.97 Å². The van der Waals surface area contributed by atoms with Crippen LogP contribution in [0.4, 0.5) is 0 Å². The molecule has 0 aromatic heterocycles. The zero-order valence-electron chi connectivity index (χ0n) is 10.3. The molecular weight excluding hydrogens is 270 g/mol. The van der Waals surface area contributed by atoms with Gasteiger partial charge in [-0.05, 0) is 30.6 Å². The van der Waals surface area contributed by atoms with Gasteiger partial charge in [0, 0.05) is 11.6 Å². The number of thioether (sulfide) groups is 1. The average molecular weight is 285 g/mol. The van der Waals surface area contributed by atoms with Crippen LogP contribution in [0.1, 0.15) is 16.8 Å². The minimum Gasteiger partial charge on any atom is -0.508 e. The highest BCUT2D eigenvalue weighted by Crippen LogP contribution is 2.20. The summed E-state index contributed by atoms with van der Waals surface area (Å²) in [6.45, 7) is 0. The molecule has 0 aliphatic rings. The van der Waals surface area contributed by atoms with Gasteiger partial charge in [-0.25, -0.2) is 4.79 Å². The van der Waals surface area contributed by atoms with E-state index < -0.39 is 17.9 Å². The van der Waals surface area contributed by atoms with E-state index in [1.54, 1.807) is 0 Å². The molecule has 4 N–H and O–H groups in total. The fraction of sp³-hybridized carbons (Fsp3) is 0.333. The molecule has 0 radical (unpaired) electrons. The van der Waals surface area contributed by atoms with Gasteiger partial charge in [0.15, 0.2) is 0 Å². The number of benzene rings is 1. The lowest BCUT2D eigenvalue weighted by Crippen LogP contribution is -2.41. The van der Waals surface area contributed by atoms with Crippen molar-refractivity contribution in [3.8, 4) is 11.5 Å². The normalized spacial score (nSPS) is 11.8. The number of nitrogens with one attached hydrogen (secondary N) is 1. The fourth-order valence-corrected chi connectivity index (χ4v) is 1.93. The lowest BCUT2D eigenvalue weighted by atomic mass is 10.1. The molecule has 0 saturated carbocycles. The van der Waals surface area contributed by atoms with Crippen LogP contribution in [0.5, 0.6) is 11.5 Å². The number of amides is 1. The second-order valence-corrected chi connectivity index (χ2v) is 4.87. The first-order valence-corrected chi connectivity index (χ1v) is 6.89. The van der Waals surface area contributed by atoms with Crippen LogP contribution in [0.2, 0.25) is 0 Å². The van der Waals surface area contributed by atoms with Crippen LogP contribution in [-0.4, -0.2) is 45.2 Å². The van der Waals surface area contributed by atoms with Gasteiger partial charge < -0.3 is 20.6 Å². The van der Waals surface area contributed by atoms with E-state index in [0.717, 1.165) is 18.2 Å². The Morgan fingerprint density at radius 1 is 1.26 bits per heavy atom. The number of carboxylic acid groups (broad SMARTS) is 1. The second-order valence-electron chi connectivity index (χ2n) is 3.88. The van der Waals surface area contributed by atoms with Crippen LogP contribution in [-0.2, 0) is 4.79 Å². The molecule has 1 atom stereocenters. The standard InChI is InChI=1S/C12H15NO5S/c1-19-3-2-10(12(17)18)13-11(16)7-4-8(14)6-9(15)5-7/h4-6,10,14-15H,2-3H2,1H3,(H,13,16)(H,17,18). The minimum atomic E-state index is -1.12. The summed E-state index contributed by atoms with van der Waals surface area (Å²) >= 11 is 1.48. The molecule has 1 aromatic carbocycles. The molecule has 0 fully saturated rings. The SMILES string of the molecule is CSCCC(NC(=O)c1cc(O)cc(O)c1)C(=O)O. The van der Waals surface area contributed by atoms with Gasteiger partial charge in [0.2, 0.25) is 0 Å². The Morgan fingerprint density at radius 3 is 2.32 bits per heavy atom. The Balaban J connectivity index is 2.78. The number of aromatic hydroxyl groups is 2. The molecule has 0 bridgehead atoms. The molecule has 7 heteroatoms. The Kier molecular flexibility index (Phi) is 5.50. The van der Waals surface area contributed by atoms with Crippen molar-refractivity contribution in [2.75, 3.05) is 12.0 Å². The highest BCUT2D eigenvalue weighted by atomic mass is 32.2. The lowest BCUT2D eigenvalue weighted by Gasteiger charge is -2.14. The van der Waals surface area contributed by atoms with Crippen LogP contribution in [0.25, 0.3) is 0 Å². The second kappa shape index (κ2) is 6.89. The van der Waals surface area contributed by atoms with E-state index in [-0.39, 0.29) is 17.1 Å². The predicted octanol–water partition coefficient (Wildman–Crippen LogP) is 1.03. The highest BCUT2D eigenvalue weighted by molar-refractivity contribution is 7.98. The van der Waals surface area contributed by atoms with Crippen LogP contribution in [0.3, 0.4) is 0 Å². The van der Waals surface area contributed by atoms with Crippen molar-refractivity contribution in [2.45, 2.75) is 12.5 Å². The Morgan fingerprint density at radius 2 is 1.84 bits per heavy atom. The molecule has 1 amide bonds. The zero-order chi connectivity index (χ0) is 14.4. The van der Waals surface area contributed by atoms with Gasteiger partial charge in [-0.1, -0.05) is 0 Å². The molecule has 19 heavy (non-hydrogen) atoms. The fourth-order valence-electron chi connectivity index (χ4n) is 1.46. The molecule has 0 heterocycles. The van der Waals surface area contributed by atoms with Crippen molar-refractivity contribution in [3.05, 3.63) is 23.8 Å². The summed E-state index contributed by atoms with van der Waals surface area (Å²) in [6.07, 6.45) is 2.14. The van der Waals surface area contributed by atoms with Crippen LogP contribution in [0, 0.1) is 0 Å². The topological polar surface area (TPSA) is 107 Å².